The van der Waals surface area contributed by atoms with Gasteiger partial charge < -0.3 is 9.73 Å². The second kappa shape index (κ2) is 7.95. The molecule has 0 unspecified atom stereocenters. The van der Waals surface area contributed by atoms with Crippen LogP contribution in [0.2, 0.25) is 0 Å². The monoisotopic (exact) mass is 445 g/mol. The molecule has 168 valence electrons. The highest BCUT2D eigenvalue weighted by Crippen LogP contribution is 2.46. The van der Waals surface area contributed by atoms with Gasteiger partial charge in [0.15, 0.2) is 0 Å². The fraction of sp³-hybridized carbons (Fsp3) is 0.448. The fourth-order valence-corrected chi connectivity index (χ4v) is 5.68. The van der Waals surface area contributed by atoms with Crippen LogP contribution in [0.3, 0.4) is 0 Å². The second-order valence-corrected chi connectivity index (χ2v) is 12.0. The summed E-state index contributed by atoms with van der Waals surface area (Å²) in [6, 6.07) is 13.5. The molecule has 2 heterocycles. The molecule has 1 N–H and O–H groups in total. The third-order valence-electron chi connectivity index (χ3n) is 7.46. The van der Waals surface area contributed by atoms with Crippen molar-refractivity contribution in [1.82, 2.24) is 5.32 Å². The van der Waals surface area contributed by atoms with Crippen molar-refractivity contribution in [3.8, 4) is 0 Å². The van der Waals surface area contributed by atoms with Gasteiger partial charge in [0.05, 0.1) is 5.70 Å². The number of nitrogens with one attached hydrogen (secondary N) is 1. The number of thiophene rings is 1. The Morgan fingerprint density at radius 3 is 2.38 bits per heavy atom. The Morgan fingerprint density at radius 2 is 1.72 bits per heavy atom. The first-order valence-electron chi connectivity index (χ1n) is 11.9. The number of hydrogen-bond donors (Lipinski definition) is 1. The summed E-state index contributed by atoms with van der Waals surface area (Å²) in [4.78, 5) is 1.35. The van der Waals surface area contributed by atoms with E-state index in [1.165, 1.54) is 64.1 Å². The van der Waals surface area contributed by atoms with E-state index in [4.69, 9.17) is 4.42 Å². The quantitative estimate of drug-likeness (QED) is 0.417. The Hall–Kier alpha value is -2.26. The summed E-state index contributed by atoms with van der Waals surface area (Å²) < 4.78 is 6.40. The number of rotatable bonds is 6. The Kier molecular flexibility index (Phi) is 5.36. The van der Waals surface area contributed by atoms with Crippen molar-refractivity contribution >= 4 is 17.0 Å². The topological polar surface area (TPSA) is 25.2 Å². The lowest BCUT2D eigenvalue weighted by Crippen LogP contribution is -2.34. The molecule has 1 fully saturated rings. The van der Waals surface area contributed by atoms with Crippen molar-refractivity contribution in [1.29, 1.82) is 0 Å². The second-order valence-electron chi connectivity index (χ2n) is 10.9. The first kappa shape index (κ1) is 21.6. The van der Waals surface area contributed by atoms with Crippen LogP contribution >= 0.6 is 11.3 Å². The smallest absolute Gasteiger partial charge is 0.150 e. The van der Waals surface area contributed by atoms with Crippen LogP contribution < -0.4 is 5.32 Å². The summed E-state index contributed by atoms with van der Waals surface area (Å²) in [6.45, 7) is 12.7. The van der Waals surface area contributed by atoms with Crippen LogP contribution in [0, 0.1) is 6.92 Å². The molecule has 2 aliphatic carbocycles. The molecule has 0 aliphatic heterocycles. The lowest BCUT2D eigenvalue weighted by atomic mass is 9.62. The van der Waals surface area contributed by atoms with Crippen LogP contribution in [0.5, 0.6) is 0 Å². The third kappa shape index (κ3) is 4.20. The summed E-state index contributed by atoms with van der Waals surface area (Å²) in [6.07, 6.45) is 5.70. The van der Waals surface area contributed by atoms with Crippen LogP contribution in [0.4, 0.5) is 0 Å². The molecule has 1 aromatic carbocycles. The molecule has 3 aromatic rings. The molecule has 0 amide bonds. The van der Waals surface area contributed by atoms with E-state index in [1.54, 1.807) is 11.3 Å². The highest BCUT2D eigenvalue weighted by Gasteiger charge is 2.37. The fourth-order valence-electron chi connectivity index (χ4n) is 5.04. The van der Waals surface area contributed by atoms with Gasteiger partial charge in [-0.25, -0.2) is 0 Å². The molecule has 0 atom stereocenters. The van der Waals surface area contributed by atoms with Gasteiger partial charge in [-0.15, -0.1) is 11.3 Å². The minimum atomic E-state index is 0.233. The van der Waals surface area contributed by atoms with E-state index in [0.717, 1.165) is 24.5 Å². The van der Waals surface area contributed by atoms with Gasteiger partial charge in [0.1, 0.15) is 11.5 Å². The van der Waals surface area contributed by atoms with Crippen molar-refractivity contribution in [2.24, 2.45) is 0 Å². The molecule has 1 saturated carbocycles. The van der Waals surface area contributed by atoms with Gasteiger partial charge in [-0.05, 0) is 94.8 Å². The number of hydrogen-bond acceptors (Lipinski definition) is 3. The van der Waals surface area contributed by atoms with Crippen LogP contribution in [0.25, 0.3) is 5.70 Å². The summed E-state index contributed by atoms with van der Waals surface area (Å²) >= 11 is 1.80. The van der Waals surface area contributed by atoms with E-state index in [2.05, 4.69) is 81.7 Å². The van der Waals surface area contributed by atoms with Crippen molar-refractivity contribution in [2.75, 3.05) is 0 Å². The number of aryl methyl sites for hydroxylation is 1. The number of furan rings is 1. The van der Waals surface area contributed by atoms with E-state index in [9.17, 15) is 0 Å². The van der Waals surface area contributed by atoms with Gasteiger partial charge >= 0.3 is 0 Å². The van der Waals surface area contributed by atoms with E-state index in [-0.39, 0.29) is 10.8 Å². The zero-order chi connectivity index (χ0) is 22.5. The van der Waals surface area contributed by atoms with Gasteiger partial charge in [-0.2, -0.15) is 0 Å². The third-order valence-corrected chi connectivity index (χ3v) is 8.33. The SMILES string of the molecule is Cc1cc2c(cc1Cc1ccc(C(NCc3cccs3)=C3CC3)o1)C(C)(C)CCC2(C)C. The highest BCUT2D eigenvalue weighted by atomic mass is 32.1. The molecule has 2 nitrogen and oxygen atoms in total. The lowest BCUT2D eigenvalue weighted by Gasteiger charge is -2.42. The molecule has 3 heteroatoms. The summed E-state index contributed by atoms with van der Waals surface area (Å²) in [5.74, 6) is 2.04. The van der Waals surface area contributed by atoms with Crippen LogP contribution in [0.15, 0.2) is 51.8 Å². The van der Waals surface area contributed by atoms with Gasteiger partial charge in [0, 0.05) is 17.8 Å². The van der Waals surface area contributed by atoms with Gasteiger partial charge in [-0.1, -0.05) is 45.9 Å². The van der Waals surface area contributed by atoms with E-state index >= 15 is 0 Å². The maximum atomic E-state index is 6.40. The largest absolute Gasteiger partial charge is 0.459 e. The van der Waals surface area contributed by atoms with Crippen molar-refractivity contribution < 1.29 is 4.42 Å². The normalized spacial score (nSPS) is 18.3. The van der Waals surface area contributed by atoms with Crippen molar-refractivity contribution in [3.63, 3.8) is 0 Å². The Balaban J connectivity index is 1.39. The van der Waals surface area contributed by atoms with Crippen LogP contribution in [0.1, 0.15) is 92.0 Å². The molecule has 0 saturated heterocycles. The Bertz CT molecular complexity index is 1150. The molecule has 32 heavy (non-hydrogen) atoms. The average molecular weight is 446 g/mol. The molecule has 0 spiro atoms. The van der Waals surface area contributed by atoms with Crippen LogP contribution in [-0.2, 0) is 23.8 Å². The maximum absolute atomic E-state index is 6.40. The zero-order valence-corrected chi connectivity index (χ0v) is 20.9. The highest BCUT2D eigenvalue weighted by molar-refractivity contribution is 7.09. The molecule has 0 radical (unpaired) electrons. The first-order valence-corrected chi connectivity index (χ1v) is 12.8. The number of fused-ring (bicyclic) bond motifs is 1. The molecular weight excluding hydrogens is 410 g/mol. The van der Waals surface area contributed by atoms with Crippen LogP contribution in [-0.4, -0.2) is 0 Å². The Morgan fingerprint density at radius 1 is 1.00 bits per heavy atom. The number of benzene rings is 1. The maximum Gasteiger partial charge on any atom is 0.150 e. The minimum absolute atomic E-state index is 0.233. The molecule has 2 aromatic heterocycles. The van der Waals surface area contributed by atoms with Gasteiger partial charge in [-0.3, -0.25) is 0 Å². The molecule has 2 aliphatic rings. The van der Waals surface area contributed by atoms with E-state index in [0.29, 0.717) is 0 Å². The Labute approximate surface area is 196 Å². The van der Waals surface area contributed by atoms with Gasteiger partial charge in [0.2, 0.25) is 0 Å². The average Bonchev–Trinajstić information content (AvgIpc) is 3.24. The molecular formula is C29H35NOS. The van der Waals surface area contributed by atoms with Gasteiger partial charge in [0.25, 0.3) is 0 Å². The standard InChI is InChI=1S/C29H35NOS/c1-19-15-24-25(29(4,5)13-12-28(24,2)3)17-21(19)16-22-10-11-26(31-22)27(20-8-9-20)30-18-23-7-6-14-32-23/h6-7,10-11,14-15,17,30H,8-9,12-13,16,18H2,1-5H3. The van der Waals surface area contributed by atoms with Crippen molar-refractivity contribution in [3.05, 3.63) is 86.0 Å². The van der Waals surface area contributed by atoms with E-state index < -0.39 is 0 Å². The number of allylic oxidation sites excluding steroid dienone is 1. The summed E-state index contributed by atoms with van der Waals surface area (Å²) in [7, 11) is 0. The zero-order valence-electron chi connectivity index (χ0n) is 20.1. The lowest BCUT2D eigenvalue weighted by molar-refractivity contribution is 0.331. The predicted molar refractivity (Wildman–Crippen MR) is 135 cm³/mol. The summed E-state index contributed by atoms with van der Waals surface area (Å²) in [5.41, 5.74) is 9.01. The summed E-state index contributed by atoms with van der Waals surface area (Å²) in [5, 5.41) is 5.78. The predicted octanol–water partition coefficient (Wildman–Crippen LogP) is 7.88. The first-order chi connectivity index (χ1) is 15.2. The molecule has 0 bridgehead atoms. The van der Waals surface area contributed by atoms with Crippen molar-refractivity contribution in [2.45, 2.75) is 84.1 Å². The minimum Gasteiger partial charge on any atom is -0.459 e. The van der Waals surface area contributed by atoms with E-state index in [1.807, 2.05) is 0 Å². The molecule has 5 rings (SSSR count).